The second kappa shape index (κ2) is 7.21. The maximum absolute atomic E-state index is 12.8. The average Bonchev–Trinajstić information content (AvgIpc) is 3.15. The molecule has 4 rings (SSSR count). The molecule has 0 saturated heterocycles. The van der Waals surface area contributed by atoms with E-state index >= 15 is 0 Å². The number of hydrogen-bond donors (Lipinski definition) is 1. The molecule has 0 aliphatic heterocycles. The molecule has 0 aliphatic carbocycles. The molecule has 10 heteroatoms. The first kappa shape index (κ1) is 18.9. The Morgan fingerprint density at radius 2 is 2.03 bits per heavy atom. The van der Waals surface area contributed by atoms with Crippen molar-refractivity contribution >= 4 is 32.5 Å². The molecule has 0 aliphatic rings. The van der Waals surface area contributed by atoms with Gasteiger partial charge in [0, 0.05) is 41.0 Å². The van der Waals surface area contributed by atoms with Crippen LogP contribution in [0.3, 0.4) is 0 Å². The van der Waals surface area contributed by atoms with Crippen LogP contribution >= 0.6 is 0 Å². The standard InChI is InChI=1S/C19H18N6O3S/c1-12-15(13(2)25-19(23-12)21-11-22-25)6-7-18(26)24-29(27,28)17-5-3-4-14-10-20-9-8-16(14)17/h3-5,8-11H,6-7H2,1-2H3,(H,24,26). The summed E-state index contributed by atoms with van der Waals surface area (Å²) in [5.74, 6) is -0.102. The van der Waals surface area contributed by atoms with Crippen molar-refractivity contribution in [3.05, 3.63) is 59.9 Å². The first-order valence-corrected chi connectivity index (χ1v) is 10.4. The molecule has 1 N–H and O–H groups in total. The molecule has 148 valence electrons. The van der Waals surface area contributed by atoms with Crippen LogP contribution in [-0.4, -0.2) is 38.9 Å². The Bertz CT molecular complexity index is 1340. The molecule has 29 heavy (non-hydrogen) atoms. The molecular weight excluding hydrogens is 392 g/mol. The third-order valence-corrected chi connectivity index (χ3v) is 6.20. The van der Waals surface area contributed by atoms with Crippen LogP contribution in [0.5, 0.6) is 0 Å². The molecule has 0 saturated carbocycles. The zero-order chi connectivity index (χ0) is 20.6. The van der Waals surface area contributed by atoms with E-state index in [4.69, 9.17) is 0 Å². The largest absolute Gasteiger partial charge is 0.274 e. The van der Waals surface area contributed by atoms with Gasteiger partial charge in [0.05, 0.1) is 4.90 Å². The fraction of sp³-hybridized carbons (Fsp3) is 0.211. The number of nitrogens with one attached hydrogen (secondary N) is 1. The Morgan fingerprint density at radius 3 is 2.86 bits per heavy atom. The van der Waals surface area contributed by atoms with Gasteiger partial charge in [0.2, 0.25) is 5.91 Å². The lowest BCUT2D eigenvalue weighted by atomic mass is 10.1. The molecule has 4 aromatic rings. The lowest BCUT2D eigenvalue weighted by Crippen LogP contribution is -2.31. The van der Waals surface area contributed by atoms with Gasteiger partial charge in [0.25, 0.3) is 15.8 Å². The van der Waals surface area contributed by atoms with Gasteiger partial charge >= 0.3 is 0 Å². The van der Waals surface area contributed by atoms with Crippen molar-refractivity contribution in [2.24, 2.45) is 0 Å². The molecule has 0 radical (unpaired) electrons. The van der Waals surface area contributed by atoms with Crippen LogP contribution in [0, 0.1) is 13.8 Å². The maximum atomic E-state index is 12.8. The van der Waals surface area contributed by atoms with Gasteiger partial charge in [-0.25, -0.2) is 22.6 Å². The molecule has 0 spiro atoms. The molecule has 0 atom stereocenters. The number of nitrogens with zero attached hydrogens (tertiary/aromatic N) is 5. The summed E-state index contributed by atoms with van der Waals surface area (Å²) in [5, 5.41) is 5.31. The quantitative estimate of drug-likeness (QED) is 0.532. The third-order valence-electron chi connectivity index (χ3n) is 4.77. The van der Waals surface area contributed by atoms with Gasteiger partial charge in [-0.2, -0.15) is 10.1 Å². The number of fused-ring (bicyclic) bond motifs is 2. The van der Waals surface area contributed by atoms with Crippen molar-refractivity contribution in [1.29, 1.82) is 0 Å². The van der Waals surface area contributed by atoms with Gasteiger partial charge < -0.3 is 0 Å². The zero-order valence-corrected chi connectivity index (χ0v) is 16.6. The van der Waals surface area contributed by atoms with Gasteiger partial charge in [-0.1, -0.05) is 12.1 Å². The Hall–Kier alpha value is -3.40. The molecule has 0 bridgehead atoms. The molecule has 3 aromatic heterocycles. The van der Waals surface area contributed by atoms with Crippen LogP contribution in [0.1, 0.15) is 23.4 Å². The molecular formula is C19H18N6O3S. The minimum atomic E-state index is -4.01. The van der Waals surface area contributed by atoms with E-state index < -0.39 is 15.9 Å². The number of carbonyl (C=O) groups excluding carboxylic acids is 1. The highest BCUT2D eigenvalue weighted by Crippen LogP contribution is 2.22. The fourth-order valence-corrected chi connectivity index (χ4v) is 4.58. The number of aromatic nitrogens is 5. The Kier molecular flexibility index (Phi) is 4.71. The van der Waals surface area contributed by atoms with Crippen molar-refractivity contribution < 1.29 is 13.2 Å². The lowest BCUT2D eigenvalue weighted by Gasteiger charge is -2.11. The average molecular weight is 410 g/mol. The summed E-state index contributed by atoms with van der Waals surface area (Å²) in [6, 6.07) is 6.46. The summed E-state index contributed by atoms with van der Waals surface area (Å²) in [6.45, 7) is 3.69. The maximum Gasteiger partial charge on any atom is 0.264 e. The highest BCUT2D eigenvalue weighted by Gasteiger charge is 2.21. The van der Waals surface area contributed by atoms with Crippen LogP contribution < -0.4 is 4.72 Å². The van der Waals surface area contributed by atoms with E-state index in [0.717, 1.165) is 17.0 Å². The summed E-state index contributed by atoms with van der Waals surface area (Å²) in [5.41, 5.74) is 2.40. The minimum Gasteiger partial charge on any atom is -0.274 e. The Balaban J connectivity index is 1.54. The smallest absolute Gasteiger partial charge is 0.264 e. The van der Waals surface area contributed by atoms with E-state index in [9.17, 15) is 13.2 Å². The summed E-state index contributed by atoms with van der Waals surface area (Å²) in [7, 11) is -4.01. The van der Waals surface area contributed by atoms with Gasteiger partial charge in [-0.05, 0) is 38.0 Å². The van der Waals surface area contributed by atoms with Gasteiger partial charge in [-0.15, -0.1) is 0 Å². The summed E-state index contributed by atoms with van der Waals surface area (Å²) < 4.78 is 29.3. The minimum absolute atomic E-state index is 0.00485. The molecule has 1 amide bonds. The van der Waals surface area contributed by atoms with Crippen molar-refractivity contribution in [3.8, 4) is 0 Å². The summed E-state index contributed by atoms with van der Waals surface area (Å²) in [6.07, 6.45) is 4.84. The highest BCUT2D eigenvalue weighted by atomic mass is 32.2. The first-order chi connectivity index (χ1) is 13.9. The summed E-state index contributed by atoms with van der Waals surface area (Å²) in [4.78, 5) is 24.9. The number of amides is 1. The van der Waals surface area contributed by atoms with Gasteiger partial charge in [-0.3, -0.25) is 9.78 Å². The van der Waals surface area contributed by atoms with E-state index in [1.807, 2.05) is 13.8 Å². The number of carbonyl (C=O) groups is 1. The molecule has 1 aromatic carbocycles. The Morgan fingerprint density at radius 1 is 1.21 bits per heavy atom. The highest BCUT2D eigenvalue weighted by molar-refractivity contribution is 7.90. The molecule has 0 fully saturated rings. The van der Waals surface area contributed by atoms with Gasteiger partial charge in [0.1, 0.15) is 6.33 Å². The summed E-state index contributed by atoms with van der Waals surface area (Å²) >= 11 is 0. The molecule has 0 unspecified atom stereocenters. The van der Waals surface area contributed by atoms with Crippen LogP contribution in [0.2, 0.25) is 0 Å². The SMILES string of the molecule is Cc1nc2ncnn2c(C)c1CCC(=O)NS(=O)(=O)c1cccc2cnccc12. The van der Waals surface area contributed by atoms with Crippen LogP contribution in [0.15, 0.2) is 47.9 Å². The number of benzene rings is 1. The second-order valence-electron chi connectivity index (χ2n) is 6.61. The molecule has 3 heterocycles. The van der Waals surface area contributed by atoms with Gasteiger partial charge in [0.15, 0.2) is 0 Å². The van der Waals surface area contributed by atoms with Crippen molar-refractivity contribution in [2.45, 2.75) is 31.6 Å². The van der Waals surface area contributed by atoms with Crippen LogP contribution in [0.4, 0.5) is 0 Å². The predicted octanol–water partition coefficient (Wildman–Crippen LogP) is 1.73. The number of aryl methyl sites for hydroxylation is 2. The second-order valence-corrected chi connectivity index (χ2v) is 8.27. The third kappa shape index (κ3) is 3.54. The Labute approximate surface area is 166 Å². The van der Waals surface area contributed by atoms with Crippen molar-refractivity contribution in [2.75, 3.05) is 0 Å². The zero-order valence-electron chi connectivity index (χ0n) is 15.8. The predicted molar refractivity (Wildman–Crippen MR) is 106 cm³/mol. The fourth-order valence-electron chi connectivity index (χ4n) is 3.34. The van der Waals surface area contributed by atoms with E-state index in [1.54, 1.807) is 28.9 Å². The van der Waals surface area contributed by atoms with E-state index in [1.165, 1.54) is 18.6 Å². The first-order valence-electron chi connectivity index (χ1n) is 8.91. The van der Waals surface area contributed by atoms with Crippen molar-refractivity contribution in [1.82, 2.24) is 29.3 Å². The number of pyridine rings is 1. The van der Waals surface area contributed by atoms with E-state index in [-0.39, 0.29) is 11.3 Å². The van der Waals surface area contributed by atoms with Crippen molar-refractivity contribution in [3.63, 3.8) is 0 Å². The van der Waals surface area contributed by atoms with Crippen LogP contribution in [0.25, 0.3) is 16.6 Å². The topological polar surface area (TPSA) is 119 Å². The number of sulfonamides is 1. The normalized spacial score (nSPS) is 11.8. The van der Waals surface area contributed by atoms with Crippen LogP contribution in [-0.2, 0) is 21.2 Å². The molecule has 9 nitrogen and oxygen atoms in total. The van der Waals surface area contributed by atoms with E-state index in [0.29, 0.717) is 23.0 Å². The number of rotatable bonds is 5. The lowest BCUT2D eigenvalue weighted by molar-refractivity contribution is -0.119. The number of hydrogen-bond acceptors (Lipinski definition) is 7. The monoisotopic (exact) mass is 410 g/mol. The van der Waals surface area contributed by atoms with E-state index in [2.05, 4.69) is 24.8 Å².